The number of thiocarbonyl (C=S) groups is 1. The highest BCUT2D eigenvalue weighted by Gasteiger charge is 2.23. The Hall–Kier alpha value is -1.59. The highest BCUT2D eigenvalue weighted by Crippen LogP contribution is 2.29. The lowest BCUT2D eigenvalue weighted by Crippen LogP contribution is -2.42. The first kappa shape index (κ1) is 14.4. The average Bonchev–Trinajstić information content (AvgIpc) is 2.91. The van der Waals surface area contributed by atoms with Gasteiger partial charge in [-0.25, -0.2) is 0 Å². The van der Waals surface area contributed by atoms with Crippen molar-refractivity contribution in [3.8, 4) is 11.3 Å². The summed E-state index contributed by atoms with van der Waals surface area (Å²) < 4.78 is 0. The Kier molecular flexibility index (Phi) is 4.12. The zero-order chi connectivity index (χ0) is 14.8. The van der Waals surface area contributed by atoms with E-state index in [0.717, 1.165) is 47.4 Å². The predicted molar refractivity (Wildman–Crippen MR) is 89.4 cm³/mol. The third-order valence-electron chi connectivity index (χ3n) is 3.67. The zero-order valence-electron chi connectivity index (χ0n) is 11.8. The van der Waals surface area contributed by atoms with E-state index in [2.05, 4.69) is 27.3 Å². The molecule has 1 aliphatic heterocycles. The predicted octanol–water partition coefficient (Wildman–Crippen LogP) is 2.98. The number of aromatic amines is 1. The van der Waals surface area contributed by atoms with Crippen molar-refractivity contribution in [2.75, 3.05) is 13.1 Å². The van der Waals surface area contributed by atoms with Crippen LogP contribution in [0.15, 0.2) is 24.3 Å². The molecule has 2 N–H and O–H groups in total. The third kappa shape index (κ3) is 2.89. The van der Waals surface area contributed by atoms with Crippen molar-refractivity contribution in [3.05, 3.63) is 40.5 Å². The van der Waals surface area contributed by atoms with Crippen LogP contribution in [0.2, 0.25) is 5.02 Å². The van der Waals surface area contributed by atoms with E-state index in [9.17, 15) is 0 Å². The first-order valence-corrected chi connectivity index (χ1v) is 7.82. The van der Waals surface area contributed by atoms with E-state index in [1.54, 1.807) is 0 Å². The average molecular weight is 321 g/mol. The van der Waals surface area contributed by atoms with Crippen molar-refractivity contribution in [2.24, 2.45) is 0 Å². The van der Waals surface area contributed by atoms with Gasteiger partial charge in [0.2, 0.25) is 0 Å². The molecule has 2 heterocycles. The lowest BCUT2D eigenvalue weighted by molar-refractivity contribution is 0.387. The van der Waals surface area contributed by atoms with Gasteiger partial charge in [0.05, 0.1) is 5.69 Å². The fourth-order valence-corrected chi connectivity index (χ4v) is 3.00. The van der Waals surface area contributed by atoms with Crippen molar-refractivity contribution in [1.29, 1.82) is 0 Å². The third-order valence-corrected chi connectivity index (χ3v) is 4.32. The molecule has 0 atom stereocenters. The summed E-state index contributed by atoms with van der Waals surface area (Å²) in [6.07, 6.45) is 0.932. The standard InChI is InChI=1S/C15H17ClN4S/c1-2-17-15(21)20-8-7-13-12(9-20)14(19-18-13)10-3-5-11(16)6-4-10/h3-6H,2,7-9H2,1H3,(H,17,21)(H,18,19). The molecular formula is C15H17ClN4S. The second kappa shape index (κ2) is 6.03. The Morgan fingerprint density at radius 1 is 1.43 bits per heavy atom. The Morgan fingerprint density at radius 2 is 2.19 bits per heavy atom. The van der Waals surface area contributed by atoms with Gasteiger partial charge in [-0.15, -0.1) is 0 Å². The molecule has 0 radical (unpaired) electrons. The maximum atomic E-state index is 5.95. The molecule has 0 unspecified atom stereocenters. The van der Waals surface area contributed by atoms with Gasteiger partial charge in [-0.1, -0.05) is 23.7 Å². The second-order valence-corrected chi connectivity index (χ2v) is 5.87. The van der Waals surface area contributed by atoms with E-state index in [1.807, 2.05) is 24.3 Å². The number of hydrogen-bond acceptors (Lipinski definition) is 2. The van der Waals surface area contributed by atoms with Crippen LogP contribution in [0, 0.1) is 0 Å². The highest BCUT2D eigenvalue weighted by molar-refractivity contribution is 7.80. The molecule has 3 rings (SSSR count). The largest absolute Gasteiger partial charge is 0.363 e. The van der Waals surface area contributed by atoms with E-state index in [4.69, 9.17) is 23.8 Å². The summed E-state index contributed by atoms with van der Waals surface area (Å²) in [6.45, 7) is 4.60. The van der Waals surface area contributed by atoms with Gasteiger partial charge in [0.25, 0.3) is 0 Å². The highest BCUT2D eigenvalue weighted by atomic mass is 35.5. The molecule has 110 valence electrons. The summed E-state index contributed by atoms with van der Waals surface area (Å²) in [4.78, 5) is 2.19. The monoisotopic (exact) mass is 320 g/mol. The molecule has 0 amide bonds. The van der Waals surface area contributed by atoms with E-state index >= 15 is 0 Å². The number of aromatic nitrogens is 2. The molecule has 0 aliphatic carbocycles. The second-order valence-electron chi connectivity index (χ2n) is 5.04. The minimum absolute atomic E-state index is 0.734. The summed E-state index contributed by atoms with van der Waals surface area (Å²) in [6, 6.07) is 7.78. The van der Waals surface area contributed by atoms with Gasteiger partial charge >= 0.3 is 0 Å². The van der Waals surface area contributed by atoms with Crippen LogP contribution in [0.4, 0.5) is 0 Å². The first-order chi connectivity index (χ1) is 10.2. The van der Waals surface area contributed by atoms with Crippen LogP contribution >= 0.6 is 23.8 Å². The van der Waals surface area contributed by atoms with Crippen molar-refractivity contribution < 1.29 is 0 Å². The van der Waals surface area contributed by atoms with Gasteiger partial charge in [-0.05, 0) is 31.3 Å². The quantitative estimate of drug-likeness (QED) is 0.835. The zero-order valence-corrected chi connectivity index (χ0v) is 13.4. The lowest BCUT2D eigenvalue weighted by atomic mass is 10.0. The number of H-pyrrole nitrogens is 1. The van der Waals surface area contributed by atoms with Gasteiger partial charge in [0.15, 0.2) is 5.11 Å². The number of hydrogen-bond donors (Lipinski definition) is 2. The maximum Gasteiger partial charge on any atom is 0.169 e. The molecule has 6 heteroatoms. The minimum Gasteiger partial charge on any atom is -0.363 e. The van der Waals surface area contributed by atoms with Crippen molar-refractivity contribution in [2.45, 2.75) is 19.9 Å². The lowest BCUT2D eigenvalue weighted by Gasteiger charge is -2.29. The number of rotatable bonds is 2. The minimum atomic E-state index is 0.734. The smallest absolute Gasteiger partial charge is 0.169 e. The van der Waals surface area contributed by atoms with E-state index in [0.29, 0.717) is 0 Å². The topological polar surface area (TPSA) is 44.0 Å². The number of fused-ring (bicyclic) bond motifs is 1. The van der Waals surface area contributed by atoms with Crippen LogP contribution in [0.3, 0.4) is 0 Å². The number of nitrogens with one attached hydrogen (secondary N) is 2. The van der Waals surface area contributed by atoms with Crippen LogP contribution in [0.25, 0.3) is 11.3 Å². The van der Waals surface area contributed by atoms with E-state index < -0.39 is 0 Å². The first-order valence-electron chi connectivity index (χ1n) is 7.04. The molecule has 21 heavy (non-hydrogen) atoms. The molecule has 0 saturated heterocycles. The molecular weight excluding hydrogens is 304 g/mol. The summed E-state index contributed by atoms with van der Waals surface area (Å²) in [5, 5.41) is 12.4. The Balaban J connectivity index is 1.89. The molecule has 0 saturated carbocycles. The van der Waals surface area contributed by atoms with Crippen LogP contribution < -0.4 is 5.32 Å². The molecule has 0 spiro atoms. The molecule has 1 aliphatic rings. The van der Waals surface area contributed by atoms with Crippen molar-refractivity contribution in [3.63, 3.8) is 0 Å². The molecule has 0 bridgehead atoms. The number of halogens is 1. The van der Waals surface area contributed by atoms with Gasteiger partial charge < -0.3 is 10.2 Å². The summed E-state index contributed by atoms with van der Waals surface area (Å²) in [5.74, 6) is 0. The molecule has 4 nitrogen and oxygen atoms in total. The van der Waals surface area contributed by atoms with Crippen molar-refractivity contribution >= 4 is 28.9 Å². The number of nitrogens with zero attached hydrogens (tertiary/aromatic N) is 2. The van der Waals surface area contributed by atoms with Crippen LogP contribution in [-0.4, -0.2) is 33.3 Å². The molecule has 1 aromatic heterocycles. The number of benzene rings is 1. The van der Waals surface area contributed by atoms with E-state index in [1.165, 1.54) is 11.3 Å². The van der Waals surface area contributed by atoms with Crippen LogP contribution in [0.1, 0.15) is 18.2 Å². The molecule has 2 aromatic rings. The van der Waals surface area contributed by atoms with Crippen molar-refractivity contribution in [1.82, 2.24) is 20.4 Å². The van der Waals surface area contributed by atoms with Gasteiger partial charge in [-0.3, -0.25) is 5.10 Å². The Labute approximate surface area is 134 Å². The van der Waals surface area contributed by atoms with Crippen LogP contribution in [0.5, 0.6) is 0 Å². The Morgan fingerprint density at radius 3 is 2.90 bits per heavy atom. The van der Waals surface area contributed by atoms with Gasteiger partial charge in [0.1, 0.15) is 0 Å². The van der Waals surface area contributed by atoms with Gasteiger partial charge in [0, 0.05) is 47.9 Å². The van der Waals surface area contributed by atoms with Gasteiger partial charge in [-0.2, -0.15) is 5.10 Å². The summed E-state index contributed by atoms with van der Waals surface area (Å²) in [5.41, 5.74) is 4.50. The molecule has 0 fully saturated rings. The SMILES string of the molecule is CCNC(=S)N1CCc2[nH]nc(-c3ccc(Cl)cc3)c2C1. The van der Waals surface area contributed by atoms with Crippen LogP contribution in [-0.2, 0) is 13.0 Å². The Bertz CT molecular complexity index is 650. The normalized spacial score (nSPS) is 13.9. The summed E-state index contributed by atoms with van der Waals surface area (Å²) in [7, 11) is 0. The fourth-order valence-electron chi connectivity index (χ4n) is 2.58. The summed E-state index contributed by atoms with van der Waals surface area (Å²) >= 11 is 11.4. The van der Waals surface area contributed by atoms with E-state index in [-0.39, 0.29) is 0 Å². The maximum absolute atomic E-state index is 5.95. The molecule has 1 aromatic carbocycles. The fraction of sp³-hybridized carbons (Fsp3) is 0.333.